The molecule has 8 heteroatoms. The molecule has 1 amide bonds. The van der Waals surface area contributed by atoms with Crippen molar-refractivity contribution in [1.82, 2.24) is 14.8 Å². The number of aryl methyl sites for hydroxylation is 1. The molecule has 1 aliphatic heterocycles. The number of rotatable bonds is 4. The lowest BCUT2D eigenvalue weighted by Crippen LogP contribution is -2.13. The number of nitrogens with zero attached hydrogens (tertiary/aromatic N) is 3. The van der Waals surface area contributed by atoms with Crippen LogP contribution in [0.15, 0.2) is 35.8 Å². The van der Waals surface area contributed by atoms with Crippen LogP contribution in [-0.4, -0.2) is 27.5 Å². The Bertz CT molecular complexity index is 902. The van der Waals surface area contributed by atoms with Gasteiger partial charge in [-0.3, -0.25) is 14.8 Å². The number of carbonyl (C=O) groups excluding carboxylic acids is 1. The second-order valence-corrected chi connectivity index (χ2v) is 5.97. The first kappa shape index (κ1) is 14.7. The monoisotopic (exact) mass is 342 g/mol. The molecule has 0 saturated carbocycles. The van der Waals surface area contributed by atoms with E-state index in [-0.39, 0.29) is 12.7 Å². The molecule has 0 aliphatic carbocycles. The van der Waals surface area contributed by atoms with E-state index in [0.717, 1.165) is 23.6 Å². The third-order valence-electron chi connectivity index (χ3n) is 3.59. The summed E-state index contributed by atoms with van der Waals surface area (Å²) in [5.41, 5.74) is 2.05. The van der Waals surface area contributed by atoms with Gasteiger partial charge < -0.3 is 9.47 Å². The quantitative estimate of drug-likeness (QED) is 0.788. The predicted molar refractivity (Wildman–Crippen MR) is 89.5 cm³/mol. The third kappa shape index (κ3) is 2.71. The van der Waals surface area contributed by atoms with Crippen LogP contribution in [0, 0.1) is 0 Å². The van der Waals surface area contributed by atoms with Gasteiger partial charge in [-0.25, -0.2) is 4.98 Å². The van der Waals surface area contributed by atoms with Gasteiger partial charge in [0, 0.05) is 23.7 Å². The highest BCUT2D eigenvalue weighted by Crippen LogP contribution is 2.36. The Kier molecular flexibility index (Phi) is 3.66. The number of fused-ring (bicyclic) bond motifs is 1. The molecule has 122 valence electrons. The summed E-state index contributed by atoms with van der Waals surface area (Å²) in [6.07, 6.45) is 1.77. The lowest BCUT2D eigenvalue weighted by atomic mass is 10.1. The average Bonchev–Trinajstić information content (AvgIpc) is 3.33. The van der Waals surface area contributed by atoms with Crippen molar-refractivity contribution in [2.75, 3.05) is 12.1 Å². The number of aromatic nitrogens is 3. The van der Waals surface area contributed by atoms with Crippen molar-refractivity contribution in [3.05, 3.63) is 41.5 Å². The van der Waals surface area contributed by atoms with Gasteiger partial charge in [0.15, 0.2) is 22.3 Å². The number of nitrogens with one attached hydrogen (secondary N) is 1. The predicted octanol–water partition coefficient (Wildman–Crippen LogP) is 3.01. The first-order valence-corrected chi connectivity index (χ1v) is 8.31. The molecule has 7 nitrogen and oxygen atoms in total. The maximum Gasteiger partial charge on any atom is 0.277 e. The third-order valence-corrected chi connectivity index (χ3v) is 4.35. The molecule has 2 aromatic heterocycles. The number of benzene rings is 1. The summed E-state index contributed by atoms with van der Waals surface area (Å²) < 4.78 is 12.4. The van der Waals surface area contributed by atoms with Gasteiger partial charge in [0.1, 0.15) is 0 Å². The Morgan fingerprint density at radius 1 is 1.33 bits per heavy atom. The smallest absolute Gasteiger partial charge is 0.277 e. The molecule has 3 aromatic rings. The summed E-state index contributed by atoms with van der Waals surface area (Å²) in [7, 11) is 0. The standard InChI is InChI=1S/C16H14N4O3S/c1-2-20-6-5-11(19-20)15(21)18-16-17-12(8-24-16)10-3-4-13-14(7-10)23-9-22-13/h3-8H,2,9H2,1H3,(H,17,18,21). The van der Waals surface area contributed by atoms with Crippen molar-refractivity contribution in [2.45, 2.75) is 13.5 Å². The summed E-state index contributed by atoms with van der Waals surface area (Å²) in [6, 6.07) is 7.33. The lowest BCUT2D eigenvalue weighted by Gasteiger charge is -2.00. The van der Waals surface area contributed by atoms with Crippen LogP contribution in [0.5, 0.6) is 11.5 Å². The Morgan fingerprint density at radius 3 is 3.04 bits per heavy atom. The molecule has 0 spiro atoms. The Morgan fingerprint density at radius 2 is 2.21 bits per heavy atom. The van der Waals surface area contributed by atoms with E-state index in [0.29, 0.717) is 16.6 Å². The summed E-state index contributed by atoms with van der Waals surface area (Å²) >= 11 is 1.36. The zero-order valence-electron chi connectivity index (χ0n) is 12.9. The Hall–Kier alpha value is -2.87. The van der Waals surface area contributed by atoms with Gasteiger partial charge in [0.2, 0.25) is 6.79 Å². The van der Waals surface area contributed by atoms with Crippen molar-refractivity contribution < 1.29 is 14.3 Å². The number of hydrogen-bond acceptors (Lipinski definition) is 6. The van der Waals surface area contributed by atoms with Crippen LogP contribution in [-0.2, 0) is 6.54 Å². The van der Waals surface area contributed by atoms with Crippen molar-refractivity contribution in [1.29, 1.82) is 0 Å². The molecule has 1 N–H and O–H groups in total. The number of carbonyl (C=O) groups is 1. The van der Waals surface area contributed by atoms with Gasteiger partial charge in [-0.05, 0) is 31.2 Å². The van der Waals surface area contributed by atoms with Crippen LogP contribution in [0.4, 0.5) is 5.13 Å². The van der Waals surface area contributed by atoms with Crippen LogP contribution in [0.3, 0.4) is 0 Å². The molecule has 0 bridgehead atoms. The summed E-state index contributed by atoms with van der Waals surface area (Å²) in [5, 5.41) is 9.37. The Balaban J connectivity index is 1.51. The number of thiazole rings is 1. The number of anilines is 1. The van der Waals surface area contributed by atoms with Gasteiger partial charge >= 0.3 is 0 Å². The van der Waals surface area contributed by atoms with Gasteiger partial charge in [0.25, 0.3) is 5.91 Å². The molecular weight excluding hydrogens is 328 g/mol. The van der Waals surface area contributed by atoms with Crippen molar-refractivity contribution in [3.63, 3.8) is 0 Å². The maximum atomic E-state index is 12.2. The summed E-state index contributed by atoms with van der Waals surface area (Å²) in [5.74, 6) is 1.17. The molecule has 0 fully saturated rings. The van der Waals surface area contributed by atoms with E-state index in [1.54, 1.807) is 16.9 Å². The van der Waals surface area contributed by atoms with E-state index in [4.69, 9.17) is 9.47 Å². The van der Waals surface area contributed by atoms with E-state index >= 15 is 0 Å². The highest BCUT2D eigenvalue weighted by Gasteiger charge is 2.16. The van der Waals surface area contributed by atoms with E-state index in [1.807, 2.05) is 30.5 Å². The highest BCUT2D eigenvalue weighted by atomic mass is 32.1. The SMILES string of the molecule is CCn1ccc(C(=O)Nc2nc(-c3ccc4c(c3)OCO4)cs2)n1. The topological polar surface area (TPSA) is 78.3 Å². The van der Waals surface area contributed by atoms with Crippen LogP contribution in [0.1, 0.15) is 17.4 Å². The van der Waals surface area contributed by atoms with Crippen LogP contribution < -0.4 is 14.8 Å². The molecule has 1 aliphatic rings. The van der Waals surface area contributed by atoms with Gasteiger partial charge in [0.05, 0.1) is 5.69 Å². The molecule has 4 rings (SSSR count). The molecule has 0 saturated heterocycles. The zero-order chi connectivity index (χ0) is 16.5. The summed E-state index contributed by atoms with van der Waals surface area (Å²) in [6.45, 7) is 2.92. The van der Waals surface area contributed by atoms with E-state index in [1.165, 1.54) is 11.3 Å². The second-order valence-electron chi connectivity index (χ2n) is 5.12. The first-order chi connectivity index (χ1) is 11.7. The molecule has 0 radical (unpaired) electrons. The van der Waals surface area contributed by atoms with Crippen LogP contribution in [0.2, 0.25) is 0 Å². The molecule has 1 aromatic carbocycles. The lowest BCUT2D eigenvalue weighted by molar-refractivity contribution is 0.102. The Labute approximate surface area is 141 Å². The fraction of sp³-hybridized carbons (Fsp3) is 0.188. The van der Waals surface area contributed by atoms with Gasteiger partial charge in [-0.15, -0.1) is 11.3 Å². The van der Waals surface area contributed by atoms with E-state index < -0.39 is 0 Å². The molecule has 0 atom stereocenters. The first-order valence-electron chi connectivity index (χ1n) is 7.43. The average molecular weight is 342 g/mol. The zero-order valence-corrected chi connectivity index (χ0v) is 13.7. The highest BCUT2D eigenvalue weighted by molar-refractivity contribution is 7.14. The number of ether oxygens (including phenoxy) is 2. The van der Waals surface area contributed by atoms with Crippen LogP contribution >= 0.6 is 11.3 Å². The fourth-order valence-corrected chi connectivity index (χ4v) is 3.05. The van der Waals surface area contributed by atoms with Crippen molar-refractivity contribution >= 4 is 22.4 Å². The fourth-order valence-electron chi connectivity index (χ4n) is 2.34. The molecule has 3 heterocycles. The van der Waals surface area contributed by atoms with Crippen LogP contribution in [0.25, 0.3) is 11.3 Å². The normalized spacial score (nSPS) is 12.4. The largest absolute Gasteiger partial charge is 0.454 e. The van der Waals surface area contributed by atoms with Crippen molar-refractivity contribution in [2.24, 2.45) is 0 Å². The van der Waals surface area contributed by atoms with E-state index in [9.17, 15) is 4.79 Å². The second kappa shape index (κ2) is 5.97. The minimum Gasteiger partial charge on any atom is -0.454 e. The minimum absolute atomic E-state index is 0.238. The maximum absolute atomic E-state index is 12.2. The minimum atomic E-state index is -0.270. The number of hydrogen-bond donors (Lipinski definition) is 1. The summed E-state index contributed by atoms with van der Waals surface area (Å²) in [4.78, 5) is 16.6. The van der Waals surface area contributed by atoms with E-state index in [2.05, 4.69) is 15.4 Å². The van der Waals surface area contributed by atoms with Gasteiger partial charge in [-0.2, -0.15) is 5.10 Å². The number of amides is 1. The van der Waals surface area contributed by atoms with Crippen molar-refractivity contribution in [3.8, 4) is 22.8 Å². The molecular formula is C16H14N4O3S. The molecule has 24 heavy (non-hydrogen) atoms. The van der Waals surface area contributed by atoms with Gasteiger partial charge in [-0.1, -0.05) is 0 Å². The molecule has 0 unspecified atom stereocenters.